The molecule has 4 nitrogen and oxygen atoms in total. The molecule has 0 heterocycles. The molecular weight excluding hydrogens is 204 g/mol. The minimum absolute atomic E-state index is 0.0332. The molecule has 0 aromatic rings. The average Bonchev–Trinajstić information content (AvgIpc) is 2.23. The van der Waals surface area contributed by atoms with Crippen LogP contribution in [0, 0.1) is 11.8 Å². The summed E-state index contributed by atoms with van der Waals surface area (Å²) >= 11 is 0. The van der Waals surface area contributed by atoms with Gasteiger partial charge in [0.25, 0.3) is 0 Å². The van der Waals surface area contributed by atoms with Crippen LogP contribution in [0.3, 0.4) is 0 Å². The summed E-state index contributed by atoms with van der Waals surface area (Å²) in [5.41, 5.74) is 0. The molecule has 0 fully saturated rings. The van der Waals surface area contributed by atoms with E-state index in [1.807, 2.05) is 6.92 Å². The second kappa shape index (κ2) is 8.39. The van der Waals surface area contributed by atoms with E-state index in [1.54, 1.807) is 11.9 Å². The number of hydrogen-bond donors (Lipinski definition) is 2. The van der Waals surface area contributed by atoms with Crippen molar-refractivity contribution < 1.29 is 9.90 Å². The molecule has 1 atom stereocenters. The summed E-state index contributed by atoms with van der Waals surface area (Å²) in [5.74, 6) is 0.969. The number of aliphatic hydroxyl groups excluding tert-OH is 1. The highest BCUT2D eigenvalue weighted by Crippen LogP contribution is 2.14. The van der Waals surface area contributed by atoms with Gasteiger partial charge in [0.15, 0.2) is 0 Å². The topological polar surface area (TPSA) is 52.6 Å². The molecule has 0 saturated carbocycles. The molecule has 0 aromatic heterocycles. The van der Waals surface area contributed by atoms with Gasteiger partial charge in [-0.3, -0.25) is 0 Å². The second-order valence-corrected chi connectivity index (χ2v) is 4.71. The van der Waals surface area contributed by atoms with Crippen LogP contribution in [0.25, 0.3) is 0 Å². The Labute approximate surface area is 99.0 Å². The molecule has 0 aliphatic carbocycles. The standard InChI is InChI=1S/C12H26N2O2/c1-5-14(4)12(16)13-9-11(6-7-15)8-10(2)3/h10-11,15H,5-9H2,1-4H3,(H,13,16). The van der Waals surface area contributed by atoms with Crippen LogP contribution in [-0.2, 0) is 0 Å². The summed E-state index contributed by atoms with van der Waals surface area (Å²) in [5, 5.41) is 11.8. The maximum atomic E-state index is 11.5. The molecule has 0 radical (unpaired) electrons. The fourth-order valence-corrected chi connectivity index (χ4v) is 1.66. The molecule has 0 rings (SSSR count). The van der Waals surface area contributed by atoms with Gasteiger partial charge in [0, 0.05) is 26.7 Å². The van der Waals surface area contributed by atoms with Gasteiger partial charge in [0.05, 0.1) is 0 Å². The number of nitrogens with one attached hydrogen (secondary N) is 1. The summed E-state index contributed by atoms with van der Waals surface area (Å²) in [6.45, 7) is 7.81. The number of carbonyl (C=O) groups is 1. The number of hydrogen-bond acceptors (Lipinski definition) is 2. The first kappa shape index (κ1) is 15.2. The van der Waals surface area contributed by atoms with Gasteiger partial charge < -0.3 is 15.3 Å². The normalized spacial score (nSPS) is 12.6. The number of carbonyl (C=O) groups excluding carboxylic acids is 1. The van der Waals surface area contributed by atoms with Crippen LogP contribution in [-0.4, -0.2) is 42.8 Å². The van der Waals surface area contributed by atoms with E-state index < -0.39 is 0 Å². The fraction of sp³-hybridized carbons (Fsp3) is 0.917. The number of nitrogens with zero attached hydrogens (tertiary/aromatic N) is 1. The number of urea groups is 1. The van der Waals surface area contributed by atoms with Crippen molar-refractivity contribution in [3.05, 3.63) is 0 Å². The van der Waals surface area contributed by atoms with Gasteiger partial charge in [-0.1, -0.05) is 13.8 Å². The van der Waals surface area contributed by atoms with E-state index in [2.05, 4.69) is 19.2 Å². The van der Waals surface area contributed by atoms with E-state index in [4.69, 9.17) is 5.11 Å². The maximum Gasteiger partial charge on any atom is 0.317 e. The molecule has 96 valence electrons. The van der Waals surface area contributed by atoms with E-state index in [-0.39, 0.29) is 12.6 Å². The van der Waals surface area contributed by atoms with Gasteiger partial charge in [-0.05, 0) is 31.6 Å². The maximum absolute atomic E-state index is 11.5. The van der Waals surface area contributed by atoms with Crippen molar-refractivity contribution in [2.24, 2.45) is 11.8 Å². The first-order valence-corrected chi connectivity index (χ1v) is 6.11. The Morgan fingerprint density at radius 2 is 2.06 bits per heavy atom. The van der Waals surface area contributed by atoms with Gasteiger partial charge in [-0.2, -0.15) is 0 Å². The van der Waals surface area contributed by atoms with Crippen LogP contribution >= 0.6 is 0 Å². The predicted molar refractivity (Wildman–Crippen MR) is 66.4 cm³/mol. The molecule has 1 unspecified atom stereocenters. The van der Waals surface area contributed by atoms with Gasteiger partial charge >= 0.3 is 6.03 Å². The third-order valence-electron chi connectivity index (χ3n) is 2.71. The molecule has 2 N–H and O–H groups in total. The van der Waals surface area contributed by atoms with E-state index in [9.17, 15) is 4.79 Å². The molecule has 0 spiro atoms. The predicted octanol–water partition coefficient (Wildman–Crippen LogP) is 1.69. The zero-order valence-corrected chi connectivity index (χ0v) is 11.0. The minimum Gasteiger partial charge on any atom is -0.396 e. The quantitative estimate of drug-likeness (QED) is 0.699. The Morgan fingerprint density at radius 3 is 2.50 bits per heavy atom. The molecule has 0 saturated heterocycles. The van der Waals surface area contributed by atoms with Crippen molar-refractivity contribution in [1.29, 1.82) is 0 Å². The monoisotopic (exact) mass is 230 g/mol. The molecule has 0 bridgehead atoms. The average molecular weight is 230 g/mol. The lowest BCUT2D eigenvalue weighted by molar-refractivity contribution is 0.202. The van der Waals surface area contributed by atoms with E-state index >= 15 is 0 Å². The summed E-state index contributed by atoms with van der Waals surface area (Å²) in [6, 6.07) is -0.0332. The first-order valence-electron chi connectivity index (χ1n) is 6.11. The zero-order valence-electron chi connectivity index (χ0n) is 11.0. The lowest BCUT2D eigenvalue weighted by atomic mass is 9.94. The zero-order chi connectivity index (χ0) is 12.6. The van der Waals surface area contributed by atoms with Crippen molar-refractivity contribution in [1.82, 2.24) is 10.2 Å². The highest BCUT2D eigenvalue weighted by molar-refractivity contribution is 5.73. The minimum atomic E-state index is -0.0332. The first-order chi connectivity index (χ1) is 7.51. The van der Waals surface area contributed by atoms with Crippen LogP contribution in [0.1, 0.15) is 33.6 Å². The Hall–Kier alpha value is -0.770. The Morgan fingerprint density at radius 1 is 1.44 bits per heavy atom. The lowest BCUT2D eigenvalue weighted by Crippen LogP contribution is -2.39. The molecule has 0 aliphatic rings. The summed E-state index contributed by atoms with van der Waals surface area (Å²) in [4.78, 5) is 13.2. The molecule has 4 heteroatoms. The lowest BCUT2D eigenvalue weighted by Gasteiger charge is -2.21. The second-order valence-electron chi connectivity index (χ2n) is 4.71. The van der Waals surface area contributed by atoms with E-state index in [1.165, 1.54) is 0 Å². The molecule has 0 aromatic carbocycles. The third kappa shape index (κ3) is 6.67. The Balaban J connectivity index is 3.95. The van der Waals surface area contributed by atoms with Crippen LogP contribution in [0.15, 0.2) is 0 Å². The highest BCUT2D eigenvalue weighted by Gasteiger charge is 2.13. The fourth-order valence-electron chi connectivity index (χ4n) is 1.66. The number of amides is 2. The number of rotatable bonds is 7. The SMILES string of the molecule is CCN(C)C(=O)NCC(CCO)CC(C)C. The van der Waals surface area contributed by atoms with Crippen LogP contribution in [0.5, 0.6) is 0 Å². The number of aliphatic hydroxyl groups is 1. The van der Waals surface area contributed by atoms with Crippen molar-refractivity contribution in [3.63, 3.8) is 0 Å². The van der Waals surface area contributed by atoms with Crippen LogP contribution in [0.4, 0.5) is 4.79 Å². The Bertz CT molecular complexity index is 195. The van der Waals surface area contributed by atoms with Crippen molar-refractivity contribution >= 4 is 6.03 Å². The summed E-state index contributed by atoms with van der Waals surface area (Å²) < 4.78 is 0. The van der Waals surface area contributed by atoms with E-state index in [0.29, 0.717) is 24.9 Å². The van der Waals surface area contributed by atoms with Crippen molar-refractivity contribution in [2.75, 3.05) is 26.7 Å². The summed E-state index contributed by atoms with van der Waals surface area (Å²) in [6.07, 6.45) is 1.80. The molecule has 0 aliphatic heterocycles. The van der Waals surface area contributed by atoms with Crippen molar-refractivity contribution in [3.8, 4) is 0 Å². The highest BCUT2D eigenvalue weighted by atomic mass is 16.3. The Kier molecular flexibility index (Phi) is 7.99. The largest absolute Gasteiger partial charge is 0.396 e. The summed E-state index contributed by atoms with van der Waals surface area (Å²) in [7, 11) is 1.78. The third-order valence-corrected chi connectivity index (χ3v) is 2.71. The van der Waals surface area contributed by atoms with Crippen LogP contribution in [0.2, 0.25) is 0 Å². The van der Waals surface area contributed by atoms with E-state index in [0.717, 1.165) is 12.8 Å². The van der Waals surface area contributed by atoms with Crippen molar-refractivity contribution in [2.45, 2.75) is 33.6 Å². The molecule has 2 amide bonds. The smallest absolute Gasteiger partial charge is 0.317 e. The molecular formula is C12H26N2O2. The van der Waals surface area contributed by atoms with Gasteiger partial charge in [0.2, 0.25) is 0 Å². The van der Waals surface area contributed by atoms with Gasteiger partial charge in [-0.15, -0.1) is 0 Å². The molecule has 16 heavy (non-hydrogen) atoms. The van der Waals surface area contributed by atoms with Gasteiger partial charge in [-0.25, -0.2) is 4.79 Å². The van der Waals surface area contributed by atoms with Crippen LogP contribution < -0.4 is 5.32 Å². The van der Waals surface area contributed by atoms with Gasteiger partial charge in [0.1, 0.15) is 0 Å².